The van der Waals surface area contributed by atoms with E-state index in [-0.39, 0.29) is 29.0 Å². The van der Waals surface area contributed by atoms with E-state index in [9.17, 15) is 29.4 Å². The van der Waals surface area contributed by atoms with E-state index in [4.69, 9.17) is 16.3 Å². The summed E-state index contributed by atoms with van der Waals surface area (Å²) in [7, 11) is 1.78. The van der Waals surface area contributed by atoms with Crippen molar-refractivity contribution in [1.82, 2.24) is 24.3 Å². The summed E-state index contributed by atoms with van der Waals surface area (Å²) in [4.78, 5) is 60.2. The highest BCUT2D eigenvalue weighted by Gasteiger charge is 2.55. The Morgan fingerprint density at radius 2 is 2.02 bits per heavy atom. The maximum Gasteiger partial charge on any atom is 0.352 e. The van der Waals surface area contributed by atoms with Gasteiger partial charge in [0.05, 0.1) is 12.6 Å². The second-order valence-corrected chi connectivity index (χ2v) is 11.7. The molecule has 4 heterocycles. The number of nitrogen functional groups attached to an aromatic ring is 2. The van der Waals surface area contributed by atoms with Crippen molar-refractivity contribution in [2.45, 2.75) is 57.2 Å². The van der Waals surface area contributed by atoms with Gasteiger partial charge >= 0.3 is 11.9 Å². The van der Waals surface area contributed by atoms with E-state index in [0.29, 0.717) is 11.4 Å². The van der Waals surface area contributed by atoms with Crippen molar-refractivity contribution in [2.75, 3.05) is 17.2 Å². The average Bonchev–Trinajstić information content (AvgIpc) is 3.45. The zero-order valence-corrected chi connectivity index (χ0v) is 24.3. The number of hydrogen-bond donors (Lipinski definition) is 5. The van der Waals surface area contributed by atoms with Gasteiger partial charge in [-0.15, -0.1) is 21.1 Å². The highest BCUT2D eigenvalue weighted by molar-refractivity contribution is 8.00. The fourth-order valence-electron chi connectivity index (χ4n) is 4.22. The highest BCUT2D eigenvalue weighted by atomic mass is 32.2. The number of carboxylic acid groups (broad SMARTS) is 2. The first-order chi connectivity index (χ1) is 19.3. The van der Waals surface area contributed by atoms with E-state index < -0.39 is 46.5 Å². The number of anilines is 2. The Hall–Kier alpha value is -4.19. The molecule has 2 amide bonds. The van der Waals surface area contributed by atoms with Gasteiger partial charge in [0, 0.05) is 22.9 Å². The molecule has 2 aliphatic rings. The molecule has 0 aliphatic carbocycles. The Labute approximate surface area is 242 Å². The summed E-state index contributed by atoms with van der Waals surface area (Å²) in [6.45, 7) is 4.70. The van der Waals surface area contributed by atoms with Gasteiger partial charge in [0.2, 0.25) is 23.3 Å². The molecule has 2 aromatic rings. The molecule has 16 nitrogen and oxygen atoms in total. The summed E-state index contributed by atoms with van der Waals surface area (Å²) < 4.78 is 7.48. The molecule has 0 unspecified atom stereocenters. The number of aryl methyl sites for hydroxylation is 1. The summed E-state index contributed by atoms with van der Waals surface area (Å²) in [6, 6.07) is -1.09. The SMILES string of the molecule is CCCc1c[n+](CC2=C(C(=O)O)N3C(=O)[C@@H](NC(=O)/C(=N/OC(C)(C)C(=O)O)c4nsc(N)n4)[C@H]3SC2)n(C)c1N. The van der Waals surface area contributed by atoms with Gasteiger partial charge in [-0.2, -0.15) is 9.36 Å². The number of carboxylic acids is 2. The van der Waals surface area contributed by atoms with Crippen LogP contribution in [0, 0.1) is 0 Å². The molecule has 0 bridgehead atoms. The summed E-state index contributed by atoms with van der Waals surface area (Å²) in [5.74, 6) is -3.52. The first-order valence-corrected chi connectivity index (χ1v) is 14.2. The van der Waals surface area contributed by atoms with Gasteiger partial charge in [0.1, 0.15) is 17.1 Å². The molecular formula is C23H30N9O7S2+. The number of rotatable bonds is 11. The Morgan fingerprint density at radius 3 is 2.61 bits per heavy atom. The second-order valence-electron chi connectivity index (χ2n) is 9.83. The smallest absolute Gasteiger partial charge is 0.352 e. The number of carbonyl (C=O) groups is 4. The lowest BCUT2D eigenvalue weighted by molar-refractivity contribution is -0.765. The summed E-state index contributed by atoms with van der Waals surface area (Å²) in [5.41, 5.74) is 10.9. The number of nitrogens with two attached hydrogens (primary N) is 2. The van der Waals surface area contributed by atoms with Crippen molar-refractivity contribution in [3.8, 4) is 0 Å². The minimum absolute atomic E-state index is 0.0233. The monoisotopic (exact) mass is 608 g/mol. The fourth-order valence-corrected chi connectivity index (χ4v) is 5.99. The lowest BCUT2D eigenvalue weighted by Crippen LogP contribution is -2.71. The van der Waals surface area contributed by atoms with Crippen molar-refractivity contribution in [2.24, 2.45) is 12.2 Å². The molecule has 0 radical (unpaired) electrons. The van der Waals surface area contributed by atoms with Crippen molar-refractivity contribution in [1.29, 1.82) is 0 Å². The number of fused-ring (bicyclic) bond motifs is 1. The number of hydrogen-bond acceptors (Lipinski definition) is 12. The van der Waals surface area contributed by atoms with Crippen LogP contribution in [0.2, 0.25) is 0 Å². The first-order valence-electron chi connectivity index (χ1n) is 12.4. The zero-order chi connectivity index (χ0) is 30.2. The third-order valence-electron chi connectivity index (χ3n) is 6.53. The summed E-state index contributed by atoms with van der Waals surface area (Å²) in [5, 5.41) is 24.9. The quantitative estimate of drug-likeness (QED) is 0.0923. The molecule has 0 saturated carbocycles. The topological polar surface area (TPSA) is 232 Å². The van der Waals surface area contributed by atoms with Crippen LogP contribution in [-0.2, 0) is 44.0 Å². The molecule has 18 heteroatoms. The number of amides is 2. The molecule has 2 aliphatic heterocycles. The molecular weight excluding hydrogens is 578 g/mol. The van der Waals surface area contributed by atoms with Gasteiger partial charge < -0.3 is 31.8 Å². The number of aromatic nitrogens is 4. The van der Waals surface area contributed by atoms with Crippen molar-refractivity contribution in [3.05, 3.63) is 28.9 Å². The molecule has 41 heavy (non-hydrogen) atoms. The third kappa shape index (κ3) is 5.69. The van der Waals surface area contributed by atoms with Crippen molar-refractivity contribution >= 4 is 63.7 Å². The Bertz CT molecular complexity index is 1480. The normalized spacial score (nSPS) is 19.1. The molecule has 2 aromatic heterocycles. The first kappa shape index (κ1) is 29.8. The van der Waals surface area contributed by atoms with Crippen LogP contribution < -0.4 is 21.5 Å². The minimum Gasteiger partial charge on any atom is -0.478 e. The van der Waals surface area contributed by atoms with Gasteiger partial charge in [-0.1, -0.05) is 18.5 Å². The standard InChI is InChI=1S/C23H29N9O7S2/c1-5-6-10-7-31(30(4)15(10)24)8-11-9-40-19-13(18(34)32(19)14(11)20(35)36)26-17(33)12(16-27-22(25)41-29-16)28-39-23(2,3)21(37)38/h7,13,19,24H,5-6,8-9H2,1-4H3,(H5,25,26,27,29,33,35,36,37,38)/p+1/b28-12+/t13-,19-/m1/s1. The number of thioether (sulfide) groups is 1. The molecule has 1 saturated heterocycles. The molecule has 0 spiro atoms. The Kier molecular flexibility index (Phi) is 8.25. The molecule has 0 aromatic carbocycles. The van der Waals surface area contributed by atoms with E-state index in [1.807, 2.05) is 13.1 Å². The molecule has 4 rings (SSSR count). The maximum absolute atomic E-state index is 13.2. The summed E-state index contributed by atoms with van der Waals surface area (Å²) >= 11 is 2.07. The molecule has 7 N–H and O–H groups in total. The predicted molar refractivity (Wildman–Crippen MR) is 147 cm³/mol. The molecule has 1 fully saturated rings. The van der Waals surface area contributed by atoms with Crippen molar-refractivity contribution < 1.29 is 38.9 Å². The van der Waals surface area contributed by atoms with Crippen LogP contribution in [0.3, 0.4) is 0 Å². The van der Waals surface area contributed by atoms with Gasteiger partial charge in [-0.25, -0.2) is 9.59 Å². The lowest BCUT2D eigenvalue weighted by Gasteiger charge is -2.49. The van der Waals surface area contributed by atoms with Gasteiger partial charge in [0.25, 0.3) is 11.8 Å². The largest absolute Gasteiger partial charge is 0.478 e. The van der Waals surface area contributed by atoms with Crippen LogP contribution >= 0.6 is 23.3 Å². The van der Waals surface area contributed by atoms with E-state index in [1.165, 1.54) is 25.6 Å². The maximum atomic E-state index is 13.2. The third-order valence-corrected chi connectivity index (χ3v) is 8.41. The van der Waals surface area contributed by atoms with Crippen LogP contribution in [0.1, 0.15) is 38.6 Å². The minimum atomic E-state index is -1.79. The number of carbonyl (C=O) groups excluding carboxylic acids is 2. The zero-order valence-electron chi connectivity index (χ0n) is 22.7. The lowest BCUT2D eigenvalue weighted by atomic mass is 10.0. The number of aliphatic carboxylic acids is 2. The average molecular weight is 609 g/mol. The number of nitrogens with one attached hydrogen (secondary N) is 1. The van der Waals surface area contributed by atoms with Crippen LogP contribution in [-0.4, -0.2) is 81.4 Å². The van der Waals surface area contributed by atoms with E-state index >= 15 is 0 Å². The second kappa shape index (κ2) is 11.4. The number of β-lactam (4-membered cyclic amide) rings is 1. The van der Waals surface area contributed by atoms with Crippen LogP contribution in [0.4, 0.5) is 10.9 Å². The van der Waals surface area contributed by atoms with Gasteiger partial charge in [-0.3, -0.25) is 14.5 Å². The predicted octanol–water partition coefficient (Wildman–Crippen LogP) is -0.696. The Morgan fingerprint density at radius 1 is 1.32 bits per heavy atom. The van der Waals surface area contributed by atoms with E-state index in [0.717, 1.165) is 34.8 Å². The van der Waals surface area contributed by atoms with Crippen molar-refractivity contribution in [3.63, 3.8) is 0 Å². The van der Waals surface area contributed by atoms with E-state index in [1.54, 1.807) is 16.4 Å². The molecule has 2 atom stereocenters. The van der Waals surface area contributed by atoms with Gasteiger partial charge in [-0.05, 0) is 20.3 Å². The fraction of sp³-hybridized carbons (Fsp3) is 0.478. The van der Waals surface area contributed by atoms with E-state index in [2.05, 4.69) is 19.8 Å². The molecule has 220 valence electrons. The number of nitrogens with zero attached hydrogens (tertiary/aromatic N) is 6. The number of oxime groups is 1. The summed E-state index contributed by atoms with van der Waals surface area (Å²) in [6.07, 6.45) is 3.54. The van der Waals surface area contributed by atoms with Crippen LogP contribution in [0.15, 0.2) is 22.6 Å². The van der Waals surface area contributed by atoms with Crippen LogP contribution in [0.5, 0.6) is 0 Å². The Balaban J connectivity index is 1.56. The van der Waals surface area contributed by atoms with Crippen LogP contribution in [0.25, 0.3) is 0 Å². The highest BCUT2D eigenvalue weighted by Crippen LogP contribution is 2.40. The van der Waals surface area contributed by atoms with Gasteiger partial charge in [0.15, 0.2) is 17.5 Å².